The van der Waals surface area contributed by atoms with Crippen LogP contribution in [0.4, 0.5) is 10.5 Å². The number of amides is 3. The van der Waals surface area contributed by atoms with Gasteiger partial charge in [0.1, 0.15) is 6.04 Å². The molecule has 0 bridgehead atoms. The van der Waals surface area contributed by atoms with Crippen molar-refractivity contribution < 1.29 is 9.59 Å². The zero-order valence-corrected chi connectivity index (χ0v) is 13.7. The SMILES string of the molecule is Cc1cccc(NC(=O)N2CCC[C@@H]2C(=O)NC2CCCC2)c1. The van der Waals surface area contributed by atoms with Crippen LogP contribution < -0.4 is 10.6 Å². The van der Waals surface area contributed by atoms with Crippen molar-refractivity contribution in [2.45, 2.75) is 57.5 Å². The molecule has 3 rings (SSSR count). The predicted octanol–water partition coefficient (Wildman–Crippen LogP) is 3.05. The molecule has 0 aromatic heterocycles. The van der Waals surface area contributed by atoms with Crippen molar-refractivity contribution in [3.05, 3.63) is 29.8 Å². The summed E-state index contributed by atoms with van der Waals surface area (Å²) in [4.78, 5) is 26.7. The molecule has 3 amide bonds. The molecule has 0 radical (unpaired) electrons. The van der Waals surface area contributed by atoms with Gasteiger partial charge in [-0.15, -0.1) is 0 Å². The Morgan fingerprint density at radius 3 is 2.65 bits per heavy atom. The average Bonchev–Trinajstić information content (AvgIpc) is 3.18. The number of carbonyl (C=O) groups is 2. The number of anilines is 1. The van der Waals surface area contributed by atoms with Gasteiger partial charge in [-0.2, -0.15) is 0 Å². The molecule has 1 saturated heterocycles. The second-order valence-electron chi connectivity index (χ2n) is 6.64. The summed E-state index contributed by atoms with van der Waals surface area (Å²) in [6.45, 7) is 2.63. The van der Waals surface area contributed by atoms with Crippen molar-refractivity contribution in [1.29, 1.82) is 0 Å². The van der Waals surface area contributed by atoms with Gasteiger partial charge < -0.3 is 15.5 Å². The lowest BCUT2D eigenvalue weighted by Crippen LogP contribution is -2.49. The highest BCUT2D eigenvalue weighted by atomic mass is 16.2. The van der Waals surface area contributed by atoms with Gasteiger partial charge in [-0.05, 0) is 50.3 Å². The number of benzene rings is 1. The molecule has 1 heterocycles. The summed E-state index contributed by atoms with van der Waals surface area (Å²) in [6.07, 6.45) is 6.13. The molecule has 23 heavy (non-hydrogen) atoms. The van der Waals surface area contributed by atoms with Crippen molar-refractivity contribution in [3.63, 3.8) is 0 Å². The molecular weight excluding hydrogens is 290 g/mol. The second kappa shape index (κ2) is 7.02. The quantitative estimate of drug-likeness (QED) is 0.900. The minimum absolute atomic E-state index is 0.00814. The van der Waals surface area contributed by atoms with E-state index in [1.165, 1.54) is 12.8 Å². The summed E-state index contributed by atoms with van der Waals surface area (Å²) in [6, 6.07) is 7.49. The van der Waals surface area contributed by atoms with Crippen molar-refractivity contribution in [2.75, 3.05) is 11.9 Å². The van der Waals surface area contributed by atoms with Crippen LogP contribution in [0.25, 0.3) is 0 Å². The molecule has 2 N–H and O–H groups in total. The highest BCUT2D eigenvalue weighted by Gasteiger charge is 2.35. The molecular formula is C18H25N3O2. The Labute approximate surface area is 137 Å². The molecule has 1 aliphatic carbocycles. The summed E-state index contributed by atoms with van der Waals surface area (Å²) < 4.78 is 0. The Bertz CT molecular complexity index is 581. The van der Waals surface area contributed by atoms with Crippen LogP contribution in [-0.2, 0) is 4.79 Å². The molecule has 5 heteroatoms. The Hall–Kier alpha value is -2.04. The molecule has 1 aliphatic heterocycles. The number of carbonyl (C=O) groups excluding carboxylic acids is 2. The summed E-state index contributed by atoms with van der Waals surface area (Å²) >= 11 is 0. The van der Waals surface area contributed by atoms with E-state index in [1.807, 2.05) is 31.2 Å². The first-order chi connectivity index (χ1) is 11.1. The average molecular weight is 315 g/mol. The van der Waals surface area contributed by atoms with Crippen molar-refractivity contribution >= 4 is 17.6 Å². The molecule has 0 unspecified atom stereocenters. The Morgan fingerprint density at radius 1 is 1.13 bits per heavy atom. The van der Waals surface area contributed by atoms with Crippen LogP contribution in [-0.4, -0.2) is 35.5 Å². The standard InChI is InChI=1S/C18H25N3O2/c1-13-6-4-9-15(12-13)20-18(23)21-11-5-10-16(21)17(22)19-14-7-2-3-8-14/h4,6,9,12,14,16H,2-3,5,7-8,10-11H2,1H3,(H,19,22)(H,20,23)/t16-/m1/s1. The van der Waals surface area contributed by atoms with Crippen molar-refractivity contribution in [2.24, 2.45) is 0 Å². The third-order valence-electron chi connectivity index (χ3n) is 4.79. The molecule has 1 aromatic rings. The number of urea groups is 1. The van der Waals surface area contributed by atoms with Gasteiger partial charge in [0.15, 0.2) is 0 Å². The first-order valence-corrected chi connectivity index (χ1v) is 8.58. The Balaban J connectivity index is 1.61. The zero-order chi connectivity index (χ0) is 16.2. The Morgan fingerprint density at radius 2 is 1.91 bits per heavy atom. The van der Waals surface area contributed by atoms with Gasteiger partial charge in [-0.25, -0.2) is 4.79 Å². The fourth-order valence-corrected chi connectivity index (χ4v) is 3.57. The van der Waals surface area contributed by atoms with Crippen LogP contribution in [0.3, 0.4) is 0 Å². The molecule has 1 saturated carbocycles. The fraction of sp³-hybridized carbons (Fsp3) is 0.556. The van der Waals surface area contributed by atoms with Gasteiger partial charge in [0.2, 0.25) is 5.91 Å². The van der Waals surface area contributed by atoms with Gasteiger partial charge in [0.05, 0.1) is 0 Å². The van der Waals surface area contributed by atoms with Crippen molar-refractivity contribution in [3.8, 4) is 0 Å². The van der Waals surface area contributed by atoms with Gasteiger partial charge in [-0.1, -0.05) is 25.0 Å². The minimum Gasteiger partial charge on any atom is -0.352 e. The first kappa shape index (κ1) is 15.8. The van der Waals surface area contributed by atoms with Crippen LogP contribution in [0.1, 0.15) is 44.1 Å². The number of nitrogens with one attached hydrogen (secondary N) is 2. The van der Waals surface area contributed by atoms with E-state index in [0.717, 1.165) is 36.9 Å². The van der Waals surface area contributed by atoms with E-state index in [0.29, 0.717) is 12.6 Å². The molecule has 2 fully saturated rings. The number of aryl methyl sites for hydroxylation is 1. The molecule has 1 aromatic carbocycles. The number of likely N-dealkylation sites (tertiary alicyclic amines) is 1. The van der Waals surface area contributed by atoms with E-state index in [9.17, 15) is 9.59 Å². The number of nitrogens with zero attached hydrogens (tertiary/aromatic N) is 1. The summed E-state index contributed by atoms with van der Waals surface area (Å²) in [5.41, 5.74) is 1.87. The van der Waals surface area contributed by atoms with Crippen molar-refractivity contribution in [1.82, 2.24) is 10.2 Å². The summed E-state index contributed by atoms with van der Waals surface area (Å²) in [7, 11) is 0. The van der Waals surface area contributed by atoms with E-state index >= 15 is 0 Å². The highest BCUT2D eigenvalue weighted by molar-refractivity contribution is 5.94. The lowest BCUT2D eigenvalue weighted by molar-refractivity contribution is -0.125. The summed E-state index contributed by atoms with van der Waals surface area (Å²) in [5, 5.41) is 6.03. The van der Waals surface area contributed by atoms with E-state index in [2.05, 4.69) is 10.6 Å². The van der Waals surface area contributed by atoms with Crippen LogP contribution in [0.15, 0.2) is 24.3 Å². The zero-order valence-electron chi connectivity index (χ0n) is 13.7. The maximum atomic E-state index is 12.5. The molecule has 5 nitrogen and oxygen atoms in total. The van der Waals surface area contributed by atoms with Gasteiger partial charge >= 0.3 is 6.03 Å². The number of hydrogen-bond acceptors (Lipinski definition) is 2. The van der Waals surface area contributed by atoms with E-state index < -0.39 is 0 Å². The Kier molecular flexibility index (Phi) is 4.84. The maximum Gasteiger partial charge on any atom is 0.322 e. The van der Waals surface area contributed by atoms with E-state index in [1.54, 1.807) is 4.90 Å². The third-order valence-corrected chi connectivity index (χ3v) is 4.79. The predicted molar refractivity (Wildman–Crippen MR) is 90.3 cm³/mol. The topological polar surface area (TPSA) is 61.4 Å². The van der Waals surface area contributed by atoms with Gasteiger partial charge in [0, 0.05) is 18.3 Å². The normalized spacial score (nSPS) is 21.4. The minimum atomic E-state index is -0.333. The van der Waals surface area contributed by atoms with Crippen LogP contribution >= 0.6 is 0 Å². The molecule has 1 atom stereocenters. The first-order valence-electron chi connectivity index (χ1n) is 8.58. The maximum absolute atomic E-state index is 12.5. The molecule has 2 aliphatic rings. The van der Waals surface area contributed by atoms with Gasteiger partial charge in [0.25, 0.3) is 0 Å². The number of rotatable bonds is 3. The summed E-state index contributed by atoms with van der Waals surface area (Å²) in [5.74, 6) is 0.00814. The monoisotopic (exact) mass is 315 g/mol. The number of hydrogen-bond donors (Lipinski definition) is 2. The van der Waals surface area contributed by atoms with E-state index in [4.69, 9.17) is 0 Å². The smallest absolute Gasteiger partial charge is 0.322 e. The van der Waals surface area contributed by atoms with Crippen LogP contribution in [0.2, 0.25) is 0 Å². The molecule has 124 valence electrons. The molecule has 0 spiro atoms. The third kappa shape index (κ3) is 3.84. The van der Waals surface area contributed by atoms with Crippen LogP contribution in [0.5, 0.6) is 0 Å². The second-order valence-corrected chi connectivity index (χ2v) is 6.64. The lowest BCUT2D eigenvalue weighted by Gasteiger charge is -2.25. The largest absolute Gasteiger partial charge is 0.352 e. The highest BCUT2D eigenvalue weighted by Crippen LogP contribution is 2.22. The lowest BCUT2D eigenvalue weighted by atomic mass is 10.1. The van der Waals surface area contributed by atoms with Crippen LogP contribution in [0, 0.1) is 6.92 Å². The fourth-order valence-electron chi connectivity index (χ4n) is 3.57. The van der Waals surface area contributed by atoms with E-state index in [-0.39, 0.29) is 18.0 Å². The van der Waals surface area contributed by atoms with Gasteiger partial charge in [-0.3, -0.25) is 4.79 Å².